The monoisotopic (exact) mass is 305 g/mol. The highest BCUT2D eigenvalue weighted by Crippen LogP contribution is 2.26. The Bertz CT molecular complexity index is 463. The highest BCUT2D eigenvalue weighted by atomic mass is 16.5. The van der Waals surface area contributed by atoms with Gasteiger partial charge >= 0.3 is 0 Å². The SMILES string of the molecule is COCc1nccc([C@@H]2CCCN(C[C@H]3CCCCO3)C2)n1. The van der Waals surface area contributed by atoms with Crippen molar-refractivity contribution in [1.82, 2.24) is 14.9 Å². The molecular formula is C17H27N3O2. The molecule has 2 aliphatic heterocycles. The fraction of sp³-hybridized carbons (Fsp3) is 0.765. The minimum Gasteiger partial charge on any atom is -0.377 e. The molecule has 122 valence electrons. The highest BCUT2D eigenvalue weighted by Gasteiger charge is 2.25. The fourth-order valence-electron chi connectivity index (χ4n) is 3.54. The zero-order chi connectivity index (χ0) is 15.2. The fourth-order valence-corrected chi connectivity index (χ4v) is 3.54. The average Bonchev–Trinajstić information content (AvgIpc) is 2.57. The van der Waals surface area contributed by atoms with Crippen LogP contribution in [-0.4, -0.2) is 54.3 Å². The summed E-state index contributed by atoms with van der Waals surface area (Å²) in [4.78, 5) is 11.5. The molecule has 0 aromatic carbocycles. The lowest BCUT2D eigenvalue weighted by Crippen LogP contribution is -2.41. The van der Waals surface area contributed by atoms with Gasteiger partial charge in [0, 0.05) is 44.6 Å². The Morgan fingerprint density at radius 2 is 2.27 bits per heavy atom. The van der Waals surface area contributed by atoms with Crippen molar-refractivity contribution in [1.29, 1.82) is 0 Å². The van der Waals surface area contributed by atoms with Crippen LogP contribution in [0.5, 0.6) is 0 Å². The molecular weight excluding hydrogens is 278 g/mol. The van der Waals surface area contributed by atoms with Crippen molar-refractivity contribution in [2.24, 2.45) is 0 Å². The topological polar surface area (TPSA) is 47.5 Å². The van der Waals surface area contributed by atoms with Crippen LogP contribution in [0.3, 0.4) is 0 Å². The Kier molecular flexibility index (Phi) is 5.76. The molecule has 3 heterocycles. The second-order valence-corrected chi connectivity index (χ2v) is 6.42. The molecule has 5 nitrogen and oxygen atoms in total. The third-order valence-corrected chi connectivity index (χ3v) is 4.66. The van der Waals surface area contributed by atoms with Gasteiger partial charge in [0.2, 0.25) is 0 Å². The van der Waals surface area contributed by atoms with E-state index in [2.05, 4.69) is 20.9 Å². The number of hydrogen-bond donors (Lipinski definition) is 0. The average molecular weight is 305 g/mol. The first-order valence-electron chi connectivity index (χ1n) is 8.50. The maximum Gasteiger partial charge on any atom is 0.154 e. The van der Waals surface area contributed by atoms with Gasteiger partial charge in [0.1, 0.15) is 6.61 Å². The number of ether oxygens (including phenoxy) is 2. The van der Waals surface area contributed by atoms with Crippen molar-refractivity contribution >= 4 is 0 Å². The van der Waals surface area contributed by atoms with E-state index in [0.29, 0.717) is 18.6 Å². The van der Waals surface area contributed by atoms with Crippen molar-refractivity contribution in [2.45, 2.75) is 50.7 Å². The Balaban J connectivity index is 1.58. The lowest BCUT2D eigenvalue weighted by Gasteiger charge is -2.35. The minimum atomic E-state index is 0.432. The number of aromatic nitrogens is 2. The largest absolute Gasteiger partial charge is 0.377 e. The Labute approximate surface area is 133 Å². The Hall–Kier alpha value is -1.04. The molecule has 5 heteroatoms. The molecule has 22 heavy (non-hydrogen) atoms. The summed E-state index contributed by atoms with van der Waals surface area (Å²) in [6.07, 6.45) is 8.50. The van der Waals surface area contributed by atoms with Crippen LogP contribution in [0.15, 0.2) is 12.3 Å². The van der Waals surface area contributed by atoms with Crippen LogP contribution in [0.4, 0.5) is 0 Å². The van der Waals surface area contributed by atoms with Gasteiger partial charge < -0.3 is 14.4 Å². The second-order valence-electron chi connectivity index (χ2n) is 6.42. The van der Waals surface area contributed by atoms with E-state index in [1.54, 1.807) is 7.11 Å². The summed E-state index contributed by atoms with van der Waals surface area (Å²) in [6.45, 7) is 4.77. The van der Waals surface area contributed by atoms with E-state index >= 15 is 0 Å². The number of likely N-dealkylation sites (tertiary alicyclic amines) is 1. The third-order valence-electron chi connectivity index (χ3n) is 4.66. The zero-order valence-electron chi connectivity index (χ0n) is 13.5. The molecule has 1 aromatic heterocycles. The molecule has 2 aliphatic rings. The van der Waals surface area contributed by atoms with Gasteiger partial charge in [0.15, 0.2) is 5.82 Å². The van der Waals surface area contributed by atoms with Crippen LogP contribution in [0, 0.1) is 0 Å². The number of piperidine rings is 1. The van der Waals surface area contributed by atoms with Crippen molar-refractivity contribution in [3.8, 4) is 0 Å². The van der Waals surface area contributed by atoms with Gasteiger partial charge in [-0.1, -0.05) is 0 Å². The predicted molar refractivity (Wildman–Crippen MR) is 84.8 cm³/mol. The van der Waals surface area contributed by atoms with Crippen molar-refractivity contribution < 1.29 is 9.47 Å². The van der Waals surface area contributed by atoms with Crippen LogP contribution >= 0.6 is 0 Å². The molecule has 0 N–H and O–H groups in total. The van der Waals surface area contributed by atoms with Gasteiger partial charge in [-0.3, -0.25) is 0 Å². The normalized spacial score (nSPS) is 27.0. The standard InChI is InChI=1S/C17H27N3O2/c1-21-13-17-18-8-7-16(19-17)14-5-4-9-20(11-14)12-15-6-2-3-10-22-15/h7-8,14-15H,2-6,9-13H2,1H3/t14-,15-/m1/s1. The molecule has 1 aromatic rings. The molecule has 2 saturated heterocycles. The quantitative estimate of drug-likeness (QED) is 0.836. The summed E-state index contributed by atoms with van der Waals surface area (Å²) in [5.41, 5.74) is 1.16. The van der Waals surface area contributed by atoms with Crippen LogP contribution in [-0.2, 0) is 16.1 Å². The van der Waals surface area contributed by atoms with E-state index in [0.717, 1.165) is 31.2 Å². The highest BCUT2D eigenvalue weighted by molar-refractivity contribution is 5.10. The van der Waals surface area contributed by atoms with Crippen molar-refractivity contribution in [3.63, 3.8) is 0 Å². The van der Waals surface area contributed by atoms with Gasteiger partial charge in [0.25, 0.3) is 0 Å². The molecule has 0 unspecified atom stereocenters. The smallest absolute Gasteiger partial charge is 0.154 e. The summed E-state index contributed by atoms with van der Waals surface area (Å²) in [5, 5.41) is 0. The van der Waals surface area contributed by atoms with Crippen LogP contribution in [0.25, 0.3) is 0 Å². The van der Waals surface area contributed by atoms with E-state index in [4.69, 9.17) is 9.47 Å². The van der Waals surface area contributed by atoms with E-state index in [-0.39, 0.29) is 0 Å². The molecule has 0 bridgehead atoms. The van der Waals surface area contributed by atoms with E-state index in [9.17, 15) is 0 Å². The van der Waals surface area contributed by atoms with Crippen molar-refractivity contribution in [2.75, 3.05) is 33.4 Å². The Morgan fingerprint density at radius 1 is 1.32 bits per heavy atom. The van der Waals surface area contributed by atoms with Crippen LogP contribution in [0.1, 0.15) is 49.5 Å². The van der Waals surface area contributed by atoms with Gasteiger partial charge in [0.05, 0.1) is 6.10 Å². The minimum absolute atomic E-state index is 0.432. The number of methoxy groups -OCH3 is 1. The number of nitrogens with zero attached hydrogens (tertiary/aromatic N) is 3. The van der Waals surface area contributed by atoms with E-state index in [1.165, 1.54) is 38.6 Å². The summed E-state index contributed by atoms with van der Waals surface area (Å²) in [6, 6.07) is 2.06. The third kappa shape index (κ3) is 4.24. The number of hydrogen-bond acceptors (Lipinski definition) is 5. The maximum atomic E-state index is 5.89. The van der Waals surface area contributed by atoms with E-state index in [1.807, 2.05) is 6.20 Å². The van der Waals surface area contributed by atoms with E-state index < -0.39 is 0 Å². The molecule has 2 fully saturated rings. The maximum absolute atomic E-state index is 5.89. The summed E-state index contributed by atoms with van der Waals surface area (Å²) in [5.74, 6) is 1.30. The summed E-state index contributed by atoms with van der Waals surface area (Å²) >= 11 is 0. The molecule has 0 saturated carbocycles. The molecule has 2 atom stereocenters. The number of rotatable bonds is 5. The van der Waals surface area contributed by atoms with Crippen LogP contribution < -0.4 is 0 Å². The molecule has 0 spiro atoms. The molecule has 0 radical (unpaired) electrons. The first-order valence-corrected chi connectivity index (χ1v) is 8.50. The molecule has 0 amide bonds. The molecule has 3 rings (SSSR count). The Morgan fingerprint density at radius 3 is 3.09 bits per heavy atom. The first-order chi connectivity index (χ1) is 10.8. The first kappa shape index (κ1) is 15.8. The van der Waals surface area contributed by atoms with Gasteiger partial charge in [-0.2, -0.15) is 0 Å². The summed E-state index contributed by atoms with van der Waals surface area (Å²) in [7, 11) is 1.68. The van der Waals surface area contributed by atoms with Gasteiger partial charge in [-0.05, 0) is 44.7 Å². The summed E-state index contributed by atoms with van der Waals surface area (Å²) < 4.78 is 11.0. The van der Waals surface area contributed by atoms with Gasteiger partial charge in [-0.15, -0.1) is 0 Å². The zero-order valence-corrected chi connectivity index (χ0v) is 13.5. The van der Waals surface area contributed by atoms with Crippen molar-refractivity contribution in [3.05, 3.63) is 23.8 Å². The predicted octanol–water partition coefficient (Wildman–Crippen LogP) is 2.37. The second kappa shape index (κ2) is 7.99. The lowest BCUT2D eigenvalue weighted by atomic mass is 9.94. The lowest BCUT2D eigenvalue weighted by molar-refractivity contribution is -0.0101. The van der Waals surface area contributed by atoms with Gasteiger partial charge in [-0.25, -0.2) is 9.97 Å². The van der Waals surface area contributed by atoms with Crippen LogP contribution in [0.2, 0.25) is 0 Å². The molecule has 0 aliphatic carbocycles.